The fraction of sp³-hybridized carbons (Fsp3) is 0.133. The summed E-state index contributed by atoms with van der Waals surface area (Å²) in [5, 5.41) is 8.40. The minimum Gasteiger partial charge on any atom is -0.481 e. The van der Waals surface area contributed by atoms with Crippen molar-refractivity contribution in [3.63, 3.8) is 0 Å². The number of benzene rings is 2. The molecule has 2 aromatic rings. The number of ether oxygens (including phenoxy) is 1. The number of carbonyl (C=O) groups is 1. The molecule has 0 saturated heterocycles. The van der Waals surface area contributed by atoms with Crippen molar-refractivity contribution in [2.75, 3.05) is 5.32 Å². The van der Waals surface area contributed by atoms with Crippen LogP contribution in [0.5, 0.6) is 5.75 Å². The van der Waals surface area contributed by atoms with Crippen molar-refractivity contribution in [2.45, 2.75) is 17.9 Å². The van der Waals surface area contributed by atoms with Crippen LogP contribution in [0.25, 0.3) is 0 Å². The highest BCUT2D eigenvalue weighted by molar-refractivity contribution is 7.89. The topological polar surface area (TPSA) is 98.5 Å². The third kappa shape index (κ3) is 5.10. The third-order valence-electron chi connectivity index (χ3n) is 2.97. The van der Waals surface area contributed by atoms with Gasteiger partial charge < -0.3 is 10.1 Å². The van der Waals surface area contributed by atoms with E-state index in [1.54, 1.807) is 13.0 Å². The molecule has 0 aliphatic carbocycles. The molecular formula is C15H14Cl2N2O4S. The number of primary sulfonamides is 1. The highest BCUT2D eigenvalue weighted by atomic mass is 35.5. The number of nitrogens with one attached hydrogen (secondary N) is 1. The van der Waals surface area contributed by atoms with E-state index >= 15 is 0 Å². The number of hydrogen-bond donors (Lipinski definition) is 2. The molecule has 2 rings (SSSR count). The molecule has 3 N–H and O–H groups in total. The van der Waals surface area contributed by atoms with Crippen molar-refractivity contribution in [3.05, 3.63) is 52.5 Å². The van der Waals surface area contributed by atoms with Crippen LogP contribution in [0.2, 0.25) is 10.0 Å². The summed E-state index contributed by atoms with van der Waals surface area (Å²) in [5.41, 5.74) is 0.409. The summed E-state index contributed by atoms with van der Waals surface area (Å²) < 4.78 is 27.9. The van der Waals surface area contributed by atoms with Crippen molar-refractivity contribution in [2.24, 2.45) is 5.14 Å². The first-order valence-electron chi connectivity index (χ1n) is 6.71. The average molecular weight is 389 g/mol. The number of carbonyl (C=O) groups excluding carboxylic acids is 1. The lowest BCUT2D eigenvalue weighted by molar-refractivity contribution is -0.122. The van der Waals surface area contributed by atoms with Gasteiger partial charge in [-0.2, -0.15) is 0 Å². The molecule has 0 radical (unpaired) electrons. The maximum absolute atomic E-state index is 12.1. The molecule has 24 heavy (non-hydrogen) atoms. The Labute approximate surface area is 149 Å². The Hall–Kier alpha value is -1.80. The Bertz CT molecular complexity index is 834. The first-order valence-corrected chi connectivity index (χ1v) is 9.02. The van der Waals surface area contributed by atoms with Gasteiger partial charge in [0.05, 0.1) is 4.90 Å². The lowest BCUT2D eigenvalue weighted by atomic mass is 10.3. The number of amides is 1. The Morgan fingerprint density at radius 2 is 1.67 bits per heavy atom. The normalized spacial score (nSPS) is 12.5. The molecule has 0 aliphatic heterocycles. The molecule has 0 bridgehead atoms. The molecule has 1 atom stereocenters. The van der Waals surface area contributed by atoms with Gasteiger partial charge in [0.2, 0.25) is 10.0 Å². The van der Waals surface area contributed by atoms with Crippen LogP contribution >= 0.6 is 23.2 Å². The maximum atomic E-state index is 12.1. The zero-order valence-electron chi connectivity index (χ0n) is 12.5. The van der Waals surface area contributed by atoms with Gasteiger partial charge >= 0.3 is 0 Å². The van der Waals surface area contributed by atoms with Gasteiger partial charge in [-0.25, -0.2) is 13.6 Å². The van der Waals surface area contributed by atoms with Gasteiger partial charge in [-0.3, -0.25) is 4.79 Å². The second-order valence-electron chi connectivity index (χ2n) is 4.92. The number of rotatable bonds is 5. The Morgan fingerprint density at radius 3 is 2.17 bits per heavy atom. The van der Waals surface area contributed by atoms with Gasteiger partial charge in [-0.15, -0.1) is 0 Å². The summed E-state index contributed by atoms with van der Waals surface area (Å²) in [4.78, 5) is 12.1. The minimum absolute atomic E-state index is 0.0432. The number of halogens is 2. The molecule has 6 nitrogen and oxygen atoms in total. The minimum atomic E-state index is -3.78. The smallest absolute Gasteiger partial charge is 0.265 e. The molecule has 9 heteroatoms. The fourth-order valence-electron chi connectivity index (χ4n) is 1.83. The van der Waals surface area contributed by atoms with E-state index in [0.717, 1.165) is 0 Å². The molecule has 0 aliphatic rings. The standard InChI is InChI=1S/C15H14Cl2N2O4S/c1-9(23-13-7-10(16)6-11(17)8-13)15(20)19-12-2-4-14(5-3-12)24(18,21)22/h2-9H,1H3,(H,19,20)(H2,18,21,22)/t9-/m1/s1. The van der Waals surface area contributed by atoms with Crippen molar-refractivity contribution in [1.29, 1.82) is 0 Å². The van der Waals surface area contributed by atoms with E-state index in [4.69, 9.17) is 33.1 Å². The van der Waals surface area contributed by atoms with Crippen LogP contribution in [0.3, 0.4) is 0 Å². The van der Waals surface area contributed by atoms with Crippen LogP contribution in [-0.2, 0) is 14.8 Å². The average Bonchev–Trinajstić information content (AvgIpc) is 2.45. The second kappa shape index (κ2) is 7.40. The molecule has 0 unspecified atom stereocenters. The van der Waals surface area contributed by atoms with E-state index in [9.17, 15) is 13.2 Å². The zero-order chi connectivity index (χ0) is 17.9. The van der Waals surface area contributed by atoms with Gasteiger partial charge in [-0.05, 0) is 49.4 Å². The van der Waals surface area contributed by atoms with Crippen LogP contribution in [0.1, 0.15) is 6.92 Å². The lowest BCUT2D eigenvalue weighted by Gasteiger charge is -2.15. The van der Waals surface area contributed by atoms with Crippen LogP contribution in [0.15, 0.2) is 47.4 Å². The molecule has 128 valence electrons. The maximum Gasteiger partial charge on any atom is 0.265 e. The second-order valence-corrected chi connectivity index (χ2v) is 7.36. The highest BCUT2D eigenvalue weighted by Crippen LogP contribution is 2.25. The number of anilines is 1. The predicted octanol–water partition coefficient (Wildman–Crippen LogP) is 3.05. The third-order valence-corrected chi connectivity index (χ3v) is 4.33. The van der Waals surface area contributed by atoms with E-state index in [-0.39, 0.29) is 4.90 Å². The summed E-state index contributed by atoms with van der Waals surface area (Å²) in [5.74, 6) is -0.0609. The quantitative estimate of drug-likeness (QED) is 0.821. The number of nitrogens with two attached hydrogens (primary N) is 1. The van der Waals surface area contributed by atoms with Gasteiger partial charge in [0.15, 0.2) is 6.10 Å². The zero-order valence-corrected chi connectivity index (χ0v) is 14.8. The summed E-state index contributed by atoms with van der Waals surface area (Å²) in [6, 6.07) is 10.1. The monoisotopic (exact) mass is 388 g/mol. The molecule has 0 aromatic heterocycles. The van der Waals surface area contributed by atoms with E-state index in [0.29, 0.717) is 21.5 Å². The molecule has 0 fully saturated rings. The SMILES string of the molecule is C[C@@H](Oc1cc(Cl)cc(Cl)c1)C(=O)Nc1ccc(S(N)(=O)=O)cc1. The number of sulfonamides is 1. The van der Waals surface area contributed by atoms with E-state index < -0.39 is 22.0 Å². The largest absolute Gasteiger partial charge is 0.481 e. The van der Waals surface area contributed by atoms with E-state index in [1.807, 2.05) is 0 Å². The number of hydrogen-bond acceptors (Lipinski definition) is 4. The van der Waals surface area contributed by atoms with E-state index in [2.05, 4.69) is 5.32 Å². The van der Waals surface area contributed by atoms with Crippen LogP contribution < -0.4 is 15.2 Å². The summed E-state index contributed by atoms with van der Waals surface area (Å²) in [7, 11) is -3.78. The van der Waals surface area contributed by atoms with Crippen LogP contribution in [0, 0.1) is 0 Å². The van der Waals surface area contributed by atoms with Crippen LogP contribution in [-0.4, -0.2) is 20.4 Å². The Kier molecular flexibility index (Phi) is 5.71. The first kappa shape index (κ1) is 18.5. The van der Waals surface area contributed by atoms with Crippen molar-refractivity contribution < 1.29 is 17.9 Å². The van der Waals surface area contributed by atoms with Crippen molar-refractivity contribution in [1.82, 2.24) is 0 Å². The van der Waals surface area contributed by atoms with Gasteiger partial charge in [-0.1, -0.05) is 23.2 Å². The molecule has 2 aromatic carbocycles. The van der Waals surface area contributed by atoms with Gasteiger partial charge in [0.1, 0.15) is 5.75 Å². The lowest BCUT2D eigenvalue weighted by Crippen LogP contribution is -2.30. The fourth-order valence-corrected chi connectivity index (χ4v) is 2.85. The Morgan fingerprint density at radius 1 is 1.12 bits per heavy atom. The summed E-state index contributed by atoms with van der Waals surface area (Å²) in [6.07, 6.45) is -0.822. The van der Waals surface area contributed by atoms with Crippen molar-refractivity contribution >= 4 is 44.8 Å². The molecule has 0 saturated carbocycles. The highest BCUT2D eigenvalue weighted by Gasteiger charge is 2.16. The summed E-state index contributed by atoms with van der Waals surface area (Å²) >= 11 is 11.7. The van der Waals surface area contributed by atoms with Crippen LogP contribution in [0.4, 0.5) is 5.69 Å². The molecule has 1 amide bonds. The van der Waals surface area contributed by atoms with Gasteiger partial charge in [0, 0.05) is 15.7 Å². The van der Waals surface area contributed by atoms with E-state index in [1.165, 1.54) is 36.4 Å². The molecule has 0 heterocycles. The predicted molar refractivity (Wildman–Crippen MR) is 93.0 cm³/mol. The molecular weight excluding hydrogens is 375 g/mol. The van der Waals surface area contributed by atoms with Crippen molar-refractivity contribution in [3.8, 4) is 5.75 Å². The summed E-state index contributed by atoms with van der Waals surface area (Å²) in [6.45, 7) is 1.56. The first-order chi connectivity index (χ1) is 11.1. The van der Waals surface area contributed by atoms with Gasteiger partial charge in [0.25, 0.3) is 5.91 Å². The Balaban J connectivity index is 2.03. The molecule has 0 spiro atoms.